The summed E-state index contributed by atoms with van der Waals surface area (Å²) in [5.41, 5.74) is 0.992. The number of hydrogen-bond acceptors (Lipinski definition) is 5. The third-order valence-corrected chi connectivity index (χ3v) is 6.98. The standard InChI is InChI=1S/C14H20N2O2S3/c1-3-5-12(13-6-4-7-19-13)16-21(17,18)14-8-11(9-15-2)10-20-14/h4,6-8,10,12,15-16H,3,5,9H2,1-2H3. The van der Waals surface area contributed by atoms with Gasteiger partial charge in [-0.15, -0.1) is 22.7 Å². The number of nitrogens with one attached hydrogen (secondary N) is 2. The summed E-state index contributed by atoms with van der Waals surface area (Å²) in [5.74, 6) is 0. The second-order valence-corrected chi connectivity index (χ2v) is 8.61. The molecule has 1 unspecified atom stereocenters. The monoisotopic (exact) mass is 344 g/mol. The average Bonchev–Trinajstić information content (AvgIpc) is 3.10. The fraction of sp³-hybridized carbons (Fsp3) is 0.429. The zero-order chi connectivity index (χ0) is 15.3. The quantitative estimate of drug-likeness (QED) is 0.772. The van der Waals surface area contributed by atoms with Crippen LogP contribution in [0, 0.1) is 0 Å². The van der Waals surface area contributed by atoms with Crippen LogP contribution in [0.1, 0.15) is 36.2 Å². The number of sulfonamides is 1. The van der Waals surface area contributed by atoms with Crippen molar-refractivity contribution < 1.29 is 8.42 Å². The molecule has 0 spiro atoms. The largest absolute Gasteiger partial charge is 0.316 e. The summed E-state index contributed by atoms with van der Waals surface area (Å²) in [7, 11) is -1.61. The Hall–Kier alpha value is -0.730. The van der Waals surface area contributed by atoms with Gasteiger partial charge in [0.05, 0.1) is 6.04 Å². The van der Waals surface area contributed by atoms with Crippen molar-refractivity contribution in [2.45, 2.75) is 36.6 Å². The van der Waals surface area contributed by atoms with Crippen LogP contribution < -0.4 is 10.0 Å². The molecule has 116 valence electrons. The molecule has 21 heavy (non-hydrogen) atoms. The molecule has 2 aromatic rings. The molecular weight excluding hydrogens is 324 g/mol. The van der Waals surface area contributed by atoms with Crippen LogP contribution in [0.4, 0.5) is 0 Å². The van der Waals surface area contributed by atoms with Crippen LogP contribution in [-0.4, -0.2) is 15.5 Å². The van der Waals surface area contributed by atoms with Crippen molar-refractivity contribution in [1.29, 1.82) is 0 Å². The van der Waals surface area contributed by atoms with Crippen molar-refractivity contribution in [3.63, 3.8) is 0 Å². The molecule has 0 fully saturated rings. The Labute approximate surface area is 134 Å². The van der Waals surface area contributed by atoms with Crippen molar-refractivity contribution >= 4 is 32.7 Å². The number of hydrogen-bond donors (Lipinski definition) is 2. The molecule has 0 saturated carbocycles. The van der Waals surface area contributed by atoms with Gasteiger partial charge >= 0.3 is 0 Å². The zero-order valence-corrected chi connectivity index (χ0v) is 14.6. The normalized spacial score (nSPS) is 13.4. The first kappa shape index (κ1) is 16.6. The maximum Gasteiger partial charge on any atom is 0.250 e. The van der Waals surface area contributed by atoms with Gasteiger partial charge in [0.15, 0.2) is 0 Å². The van der Waals surface area contributed by atoms with E-state index in [-0.39, 0.29) is 6.04 Å². The van der Waals surface area contributed by atoms with E-state index in [1.165, 1.54) is 11.3 Å². The van der Waals surface area contributed by atoms with Crippen molar-refractivity contribution in [2.75, 3.05) is 7.05 Å². The van der Waals surface area contributed by atoms with E-state index in [9.17, 15) is 8.42 Å². The van der Waals surface area contributed by atoms with Gasteiger partial charge < -0.3 is 5.32 Å². The molecular formula is C14H20N2O2S3. The van der Waals surface area contributed by atoms with Crippen molar-refractivity contribution in [3.8, 4) is 0 Å². The maximum absolute atomic E-state index is 12.5. The van der Waals surface area contributed by atoms with E-state index in [0.29, 0.717) is 10.8 Å². The molecule has 2 aromatic heterocycles. The van der Waals surface area contributed by atoms with Crippen LogP contribution >= 0.6 is 22.7 Å². The number of thiophene rings is 2. The Bertz CT molecular complexity index is 648. The summed E-state index contributed by atoms with van der Waals surface area (Å²) in [4.78, 5) is 1.06. The molecule has 4 nitrogen and oxygen atoms in total. The zero-order valence-electron chi connectivity index (χ0n) is 12.1. The molecule has 7 heteroatoms. The molecule has 0 radical (unpaired) electrons. The van der Waals surface area contributed by atoms with E-state index in [0.717, 1.165) is 23.3 Å². The summed E-state index contributed by atoms with van der Waals surface area (Å²) >= 11 is 2.85. The highest BCUT2D eigenvalue weighted by Crippen LogP contribution is 2.27. The summed E-state index contributed by atoms with van der Waals surface area (Å²) in [6.45, 7) is 2.74. The van der Waals surface area contributed by atoms with Gasteiger partial charge in [0.1, 0.15) is 4.21 Å². The molecule has 2 N–H and O–H groups in total. The summed E-state index contributed by atoms with van der Waals surface area (Å²) < 4.78 is 28.2. The van der Waals surface area contributed by atoms with Crippen molar-refractivity contribution in [2.24, 2.45) is 0 Å². The summed E-state index contributed by atoms with van der Waals surface area (Å²) in [6.07, 6.45) is 1.73. The van der Waals surface area contributed by atoms with E-state index < -0.39 is 10.0 Å². The lowest BCUT2D eigenvalue weighted by Gasteiger charge is -2.16. The van der Waals surface area contributed by atoms with Gasteiger partial charge in [0, 0.05) is 11.4 Å². The van der Waals surface area contributed by atoms with E-state index >= 15 is 0 Å². The van der Waals surface area contributed by atoms with E-state index in [1.807, 2.05) is 29.9 Å². The Morgan fingerprint density at radius 3 is 2.76 bits per heavy atom. The van der Waals surface area contributed by atoms with E-state index in [2.05, 4.69) is 17.0 Å². The van der Waals surface area contributed by atoms with Gasteiger partial charge in [0.2, 0.25) is 0 Å². The highest BCUT2D eigenvalue weighted by molar-refractivity contribution is 7.91. The molecule has 0 aliphatic carbocycles. The van der Waals surface area contributed by atoms with Crippen LogP contribution in [0.3, 0.4) is 0 Å². The fourth-order valence-corrected chi connectivity index (χ4v) is 5.44. The second kappa shape index (κ2) is 7.51. The predicted molar refractivity (Wildman–Crippen MR) is 89.4 cm³/mol. The minimum Gasteiger partial charge on any atom is -0.316 e. The van der Waals surface area contributed by atoms with Crippen molar-refractivity contribution in [3.05, 3.63) is 39.4 Å². The van der Waals surface area contributed by atoms with Crippen LogP contribution in [0.2, 0.25) is 0 Å². The minimum absolute atomic E-state index is 0.144. The molecule has 0 saturated heterocycles. The Morgan fingerprint density at radius 1 is 1.33 bits per heavy atom. The smallest absolute Gasteiger partial charge is 0.250 e. The fourth-order valence-electron chi connectivity index (χ4n) is 2.07. The van der Waals surface area contributed by atoms with Gasteiger partial charge in [0.25, 0.3) is 10.0 Å². The highest BCUT2D eigenvalue weighted by atomic mass is 32.2. The molecule has 1 atom stereocenters. The molecule has 2 rings (SSSR count). The maximum atomic E-state index is 12.5. The molecule has 0 aliphatic rings. The topological polar surface area (TPSA) is 58.2 Å². The van der Waals surface area contributed by atoms with Gasteiger partial charge in [-0.2, -0.15) is 0 Å². The van der Waals surface area contributed by atoms with E-state index in [1.54, 1.807) is 17.4 Å². The predicted octanol–water partition coefficient (Wildman–Crippen LogP) is 3.35. The van der Waals surface area contributed by atoms with E-state index in [4.69, 9.17) is 0 Å². The third-order valence-electron chi connectivity index (χ3n) is 3.04. The second-order valence-electron chi connectivity index (χ2n) is 4.78. The molecule has 0 amide bonds. The van der Waals surface area contributed by atoms with Crippen LogP contribution in [-0.2, 0) is 16.6 Å². The molecule has 0 bridgehead atoms. The first-order chi connectivity index (χ1) is 10.1. The van der Waals surface area contributed by atoms with Gasteiger partial charge in [-0.05, 0) is 41.9 Å². The van der Waals surface area contributed by atoms with Crippen LogP contribution in [0.15, 0.2) is 33.2 Å². The molecule has 0 aliphatic heterocycles. The summed E-state index contributed by atoms with van der Waals surface area (Å²) in [6, 6.07) is 5.53. The van der Waals surface area contributed by atoms with Crippen LogP contribution in [0.25, 0.3) is 0 Å². The average molecular weight is 345 g/mol. The lowest BCUT2D eigenvalue weighted by Crippen LogP contribution is -2.27. The van der Waals surface area contributed by atoms with Gasteiger partial charge in [-0.1, -0.05) is 19.4 Å². The van der Waals surface area contributed by atoms with Crippen molar-refractivity contribution in [1.82, 2.24) is 10.0 Å². The first-order valence-corrected chi connectivity index (χ1v) is 10.1. The highest BCUT2D eigenvalue weighted by Gasteiger charge is 2.23. The minimum atomic E-state index is -3.46. The number of rotatable bonds is 8. The lowest BCUT2D eigenvalue weighted by molar-refractivity contribution is 0.541. The summed E-state index contributed by atoms with van der Waals surface area (Å²) in [5, 5.41) is 6.88. The molecule has 2 heterocycles. The Kier molecular flexibility index (Phi) is 5.95. The first-order valence-electron chi connectivity index (χ1n) is 6.84. The Morgan fingerprint density at radius 2 is 2.14 bits per heavy atom. The molecule has 0 aromatic carbocycles. The van der Waals surface area contributed by atoms with Crippen LogP contribution in [0.5, 0.6) is 0 Å². The van der Waals surface area contributed by atoms with Gasteiger partial charge in [-0.3, -0.25) is 0 Å². The SMILES string of the molecule is CCCC(NS(=O)(=O)c1cc(CNC)cs1)c1cccs1. The van der Waals surface area contributed by atoms with Gasteiger partial charge in [-0.25, -0.2) is 13.1 Å². The lowest BCUT2D eigenvalue weighted by atomic mass is 10.1. The third kappa shape index (κ3) is 4.37. The Balaban J connectivity index is 2.17.